The van der Waals surface area contributed by atoms with Gasteiger partial charge in [-0.1, -0.05) is 57.5 Å². The largest absolute Gasteiger partial charge is 0.279 e. The number of anilines is 1. The first-order valence-corrected chi connectivity index (χ1v) is 9.72. The first-order valence-electron chi connectivity index (χ1n) is 8.24. The maximum Gasteiger partial charge on any atom is 0.261 e. The first-order chi connectivity index (χ1) is 11.0. The van der Waals surface area contributed by atoms with E-state index in [1.54, 1.807) is 12.1 Å². The van der Waals surface area contributed by atoms with E-state index in [4.69, 9.17) is 0 Å². The third-order valence-electron chi connectivity index (χ3n) is 4.01. The van der Waals surface area contributed by atoms with Gasteiger partial charge in [-0.05, 0) is 48.1 Å². The fraction of sp³-hybridized carbons (Fsp3) is 0.368. The van der Waals surface area contributed by atoms with Crippen LogP contribution in [0.5, 0.6) is 0 Å². The molecule has 0 saturated heterocycles. The lowest BCUT2D eigenvalue weighted by atomic mass is 10.0. The molecular formula is C19H25NO2S. The predicted molar refractivity (Wildman–Crippen MR) is 96.4 cm³/mol. The molecule has 2 aromatic rings. The molecule has 0 aliphatic rings. The van der Waals surface area contributed by atoms with E-state index < -0.39 is 10.0 Å². The normalized spacial score (nSPS) is 11.4. The Labute approximate surface area is 139 Å². The van der Waals surface area contributed by atoms with Gasteiger partial charge in [-0.2, -0.15) is 0 Å². The standard InChI is InChI=1S/C19H25NO2S/c1-4-8-15-11-13-18(14-12-15)23(21,22)20-19-16(5-2)9-7-10-17(19)6-3/h7,9-14,20H,4-6,8H2,1-3H3. The van der Waals surface area contributed by atoms with Crippen molar-refractivity contribution in [3.05, 3.63) is 59.2 Å². The Morgan fingerprint density at radius 3 is 1.91 bits per heavy atom. The van der Waals surface area contributed by atoms with E-state index in [1.807, 2.05) is 44.2 Å². The van der Waals surface area contributed by atoms with E-state index in [1.165, 1.54) is 0 Å². The summed E-state index contributed by atoms with van der Waals surface area (Å²) in [6, 6.07) is 13.1. The van der Waals surface area contributed by atoms with Crippen LogP contribution < -0.4 is 4.72 Å². The summed E-state index contributed by atoms with van der Waals surface area (Å²) < 4.78 is 28.2. The second kappa shape index (κ2) is 7.64. The Bertz CT molecular complexity index is 727. The second-order valence-electron chi connectivity index (χ2n) is 5.66. The molecule has 0 aromatic heterocycles. The van der Waals surface area contributed by atoms with Crippen LogP contribution in [0.2, 0.25) is 0 Å². The van der Waals surface area contributed by atoms with Crippen molar-refractivity contribution in [3.63, 3.8) is 0 Å². The fourth-order valence-electron chi connectivity index (χ4n) is 2.69. The van der Waals surface area contributed by atoms with Crippen molar-refractivity contribution < 1.29 is 8.42 Å². The minimum Gasteiger partial charge on any atom is -0.279 e. The number of aryl methyl sites for hydroxylation is 3. The summed E-state index contributed by atoms with van der Waals surface area (Å²) in [4.78, 5) is 0.310. The Kier molecular flexibility index (Phi) is 5.83. The van der Waals surface area contributed by atoms with Crippen LogP contribution in [-0.2, 0) is 29.3 Å². The maximum absolute atomic E-state index is 12.7. The molecule has 2 rings (SSSR count). The highest BCUT2D eigenvalue weighted by molar-refractivity contribution is 7.92. The Morgan fingerprint density at radius 2 is 1.43 bits per heavy atom. The Balaban J connectivity index is 2.35. The van der Waals surface area contributed by atoms with Crippen LogP contribution >= 0.6 is 0 Å². The number of nitrogens with one attached hydrogen (secondary N) is 1. The molecule has 0 bridgehead atoms. The van der Waals surface area contributed by atoms with Gasteiger partial charge in [0.2, 0.25) is 0 Å². The lowest BCUT2D eigenvalue weighted by Crippen LogP contribution is -2.15. The van der Waals surface area contributed by atoms with E-state index in [0.29, 0.717) is 4.90 Å². The minimum absolute atomic E-state index is 0.310. The lowest BCUT2D eigenvalue weighted by molar-refractivity contribution is 0.601. The molecule has 0 amide bonds. The van der Waals surface area contributed by atoms with Gasteiger partial charge >= 0.3 is 0 Å². The molecular weight excluding hydrogens is 306 g/mol. The zero-order chi connectivity index (χ0) is 16.9. The first kappa shape index (κ1) is 17.5. The van der Waals surface area contributed by atoms with Crippen LogP contribution in [0.1, 0.15) is 43.9 Å². The highest BCUT2D eigenvalue weighted by atomic mass is 32.2. The molecule has 0 heterocycles. The van der Waals surface area contributed by atoms with Crippen LogP contribution in [0.4, 0.5) is 5.69 Å². The van der Waals surface area contributed by atoms with E-state index in [-0.39, 0.29) is 0 Å². The van der Waals surface area contributed by atoms with E-state index >= 15 is 0 Å². The van der Waals surface area contributed by atoms with Gasteiger partial charge in [-0.25, -0.2) is 8.42 Å². The molecule has 124 valence electrons. The van der Waals surface area contributed by atoms with Crippen LogP contribution in [0.3, 0.4) is 0 Å². The van der Waals surface area contributed by atoms with Gasteiger partial charge in [0, 0.05) is 0 Å². The van der Waals surface area contributed by atoms with Crippen LogP contribution in [-0.4, -0.2) is 8.42 Å². The lowest BCUT2D eigenvalue weighted by Gasteiger charge is -2.16. The van der Waals surface area contributed by atoms with Gasteiger partial charge in [-0.15, -0.1) is 0 Å². The molecule has 23 heavy (non-hydrogen) atoms. The SMILES string of the molecule is CCCc1ccc(S(=O)(=O)Nc2c(CC)cccc2CC)cc1. The number of rotatable bonds is 7. The van der Waals surface area contributed by atoms with E-state index in [2.05, 4.69) is 11.6 Å². The number of benzene rings is 2. The summed E-state index contributed by atoms with van der Waals surface area (Å²) in [6.07, 6.45) is 3.60. The second-order valence-corrected chi connectivity index (χ2v) is 7.34. The number of hydrogen-bond donors (Lipinski definition) is 1. The van der Waals surface area contributed by atoms with Crippen molar-refractivity contribution in [1.29, 1.82) is 0 Å². The van der Waals surface area contributed by atoms with Gasteiger partial charge in [0.05, 0.1) is 10.6 Å². The average molecular weight is 331 g/mol. The number of para-hydroxylation sites is 1. The maximum atomic E-state index is 12.7. The highest BCUT2D eigenvalue weighted by Gasteiger charge is 2.17. The number of hydrogen-bond acceptors (Lipinski definition) is 2. The summed E-state index contributed by atoms with van der Waals surface area (Å²) in [6.45, 7) is 6.18. The molecule has 0 spiro atoms. The van der Waals surface area contributed by atoms with E-state index in [9.17, 15) is 8.42 Å². The van der Waals surface area contributed by atoms with Gasteiger partial charge in [-0.3, -0.25) is 4.72 Å². The number of sulfonamides is 1. The zero-order valence-electron chi connectivity index (χ0n) is 14.1. The molecule has 0 aliphatic heterocycles. The smallest absolute Gasteiger partial charge is 0.261 e. The summed E-state index contributed by atoms with van der Waals surface area (Å²) in [5.74, 6) is 0. The quantitative estimate of drug-likeness (QED) is 0.808. The van der Waals surface area contributed by atoms with Gasteiger partial charge in [0.25, 0.3) is 10.0 Å². The zero-order valence-corrected chi connectivity index (χ0v) is 14.9. The van der Waals surface area contributed by atoms with Crippen molar-refractivity contribution >= 4 is 15.7 Å². The molecule has 4 heteroatoms. The van der Waals surface area contributed by atoms with Crippen LogP contribution in [0, 0.1) is 0 Å². The van der Waals surface area contributed by atoms with E-state index in [0.717, 1.165) is 48.1 Å². The summed E-state index contributed by atoms with van der Waals surface area (Å²) in [7, 11) is -3.56. The summed E-state index contributed by atoms with van der Waals surface area (Å²) in [5, 5.41) is 0. The molecule has 0 fully saturated rings. The molecule has 0 radical (unpaired) electrons. The molecule has 3 nitrogen and oxygen atoms in total. The van der Waals surface area contributed by atoms with Crippen LogP contribution in [0.15, 0.2) is 47.4 Å². The van der Waals surface area contributed by atoms with Crippen molar-refractivity contribution in [2.24, 2.45) is 0 Å². The third-order valence-corrected chi connectivity index (χ3v) is 5.37. The van der Waals surface area contributed by atoms with Crippen LogP contribution in [0.25, 0.3) is 0 Å². The molecule has 2 aromatic carbocycles. The topological polar surface area (TPSA) is 46.2 Å². The Morgan fingerprint density at radius 1 is 0.870 bits per heavy atom. The van der Waals surface area contributed by atoms with Gasteiger partial charge in [0.15, 0.2) is 0 Å². The molecule has 0 unspecified atom stereocenters. The average Bonchev–Trinajstić information content (AvgIpc) is 2.55. The van der Waals surface area contributed by atoms with Gasteiger partial charge < -0.3 is 0 Å². The predicted octanol–water partition coefficient (Wildman–Crippen LogP) is 4.56. The highest BCUT2D eigenvalue weighted by Crippen LogP contribution is 2.26. The molecule has 0 aliphatic carbocycles. The van der Waals surface area contributed by atoms with Crippen molar-refractivity contribution in [2.45, 2.75) is 51.3 Å². The molecule has 0 saturated carbocycles. The van der Waals surface area contributed by atoms with Crippen molar-refractivity contribution in [1.82, 2.24) is 0 Å². The monoisotopic (exact) mass is 331 g/mol. The van der Waals surface area contributed by atoms with Gasteiger partial charge in [0.1, 0.15) is 0 Å². The summed E-state index contributed by atoms with van der Waals surface area (Å²) >= 11 is 0. The Hall–Kier alpha value is -1.81. The summed E-state index contributed by atoms with van der Waals surface area (Å²) in [5.41, 5.74) is 3.94. The third kappa shape index (κ3) is 4.14. The molecule has 0 atom stereocenters. The van der Waals surface area contributed by atoms with Crippen molar-refractivity contribution in [2.75, 3.05) is 4.72 Å². The minimum atomic E-state index is -3.56. The molecule has 1 N–H and O–H groups in total. The van der Waals surface area contributed by atoms with Crippen molar-refractivity contribution in [3.8, 4) is 0 Å². The fourth-order valence-corrected chi connectivity index (χ4v) is 3.83.